The Hall–Kier alpha value is -0.570. The van der Waals surface area contributed by atoms with Crippen LogP contribution in [0.1, 0.15) is 44.1 Å². The molecule has 3 fully saturated rings. The minimum absolute atomic E-state index is 0.00575. The minimum atomic E-state index is -0.0551. The highest BCUT2D eigenvalue weighted by Gasteiger charge is 2.52. The van der Waals surface area contributed by atoms with E-state index >= 15 is 0 Å². The highest BCUT2D eigenvalue weighted by atomic mass is 35.5. The van der Waals surface area contributed by atoms with Crippen LogP contribution in [0.25, 0.3) is 0 Å². The quantitative estimate of drug-likeness (QED) is 0.755. The number of nitrogens with zero attached hydrogens (tertiary/aromatic N) is 1. The van der Waals surface area contributed by atoms with Crippen molar-refractivity contribution in [3.05, 3.63) is 33.8 Å². The van der Waals surface area contributed by atoms with Crippen LogP contribution in [0.15, 0.2) is 18.2 Å². The molecular weight excluding hydrogens is 317 g/mol. The smallest absolute Gasteiger partial charge is 0.138 e. The molecule has 0 spiro atoms. The van der Waals surface area contributed by atoms with Gasteiger partial charge < -0.3 is 4.79 Å². The van der Waals surface area contributed by atoms with Gasteiger partial charge in [0.2, 0.25) is 0 Å². The van der Waals surface area contributed by atoms with Crippen LogP contribution in [0.4, 0.5) is 0 Å². The third-order valence-corrected chi connectivity index (χ3v) is 6.98. The zero-order chi connectivity index (χ0) is 15.3. The van der Waals surface area contributed by atoms with E-state index in [2.05, 4.69) is 11.0 Å². The Morgan fingerprint density at radius 2 is 2.05 bits per heavy atom. The lowest BCUT2D eigenvalue weighted by Gasteiger charge is -2.51. The molecule has 118 valence electrons. The number of piperidine rings is 1. The van der Waals surface area contributed by atoms with Crippen molar-refractivity contribution in [1.82, 2.24) is 4.90 Å². The van der Waals surface area contributed by atoms with E-state index in [1.54, 1.807) is 0 Å². The molecule has 2 bridgehead atoms. The molecule has 3 atom stereocenters. The van der Waals surface area contributed by atoms with E-state index in [9.17, 15) is 4.79 Å². The summed E-state index contributed by atoms with van der Waals surface area (Å²) in [7, 11) is 0. The average Bonchev–Trinajstić information content (AvgIpc) is 3.08. The molecule has 0 N–H and O–H groups in total. The zero-order valence-electron chi connectivity index (χ0n) is 12.6. The second-order valence-electron chi connectivity index (χ2n) is 7.25. The topological polar surface area (TPSA) is 20.3 Å². The summed E-state index contributed by atoms with van der Waals surface area (Å²) < 4.78 is 0. The minimum Gasteiger partial charge on any atom is -0.302 e. The number of halogens is 2. The highest BCUT2D eigenvalue weighted by Crippen LogP contribution is 2.51. The third-order valence-electron chi connectivity index (χ3n) is 6.24. The Morgan fingerprint density at radius 1 is 1.23 bits per heavy atom. The van der Waals surface area contributed by atoms with Gasteiger partial charge in [-0.2, -0.15) is 0 Å². The number of carbonyl (C=O) groups excluding carboxylic acids is 1. The molecule has 3 aliphatic rings. The Morgan fingerprint density at radius 3 is 2.55 bits per heavy atom. The lowest BCUT2D eigenvalue weighted by Crippen LogP contribution is -2.57. The molecule has 4 heteroatoms. The number of fused-ring (bicyclic) bond motifs is 2. The molecule has 2 aliphatic carbocycles. The lowest BCUT2D eigenvalue weighted by molar-refractivity contribution is -0.117. The van der Waals surface area contributed by atoms with Crippen LogP contribution in [0, 0.1) is 5.92 Å². The third kappa shape index (κ3) is 2.15. The van der Waals surface area contributed by atoms with Gasteiger partial charge in [-0.25, -0.2) is 0 Å². The standard InChI is InChI=1S/C18H21Cl2NO/c19-15-5-3-13(9-16(15)20)18(6-1-7-18)17(11-22)21-10-12-2-4-14(21)8-12/h3,5,9,11-12,14,17H,1-2,4,6-8,10H2. The van der Waals surface area contributed by atoms with Crippen LogP contribution in [0.5, 0.6) is 0 Å². The molecule has 22 heavy (non-hydrogen) atoms. The summed E-state index contributed by atoms with van der Waals surface area (Å²) in [6, 6.07) is 6.53. The van der Waals surface area contributed by atoms with Crippen molar-refractivity contribution in [3.63, 3.8) is 0 Å². The van der Waals surface area contributed by atoms with E-state index in [-0.39, 0.29) is 11.5 Å². The van der Waals surface area contributed by atoms with Crippen molar-refractivity contribution >= 4 is 29.5 Å². The maximum atomic E-state index is 12.0. The monoisotopic (exact) mass is 337 g/mol. The predicted octanol–water partition coefficient (Wildman–Crippen LogP) is 4.47. The molecule has 0 radical (unpaired) electrons. The van der Waals surface area contributed by atoms with Gasteiger partial charge in [-0.3, -0.25) is 4.90 Å². The summed E-state index contributed by atoms with van der Waals surface area (Å²) in [5.74, 6) is 0.804. The van der Waals surface area contributed by atoms with Crippen LogP contribution >= 0.6 is 23.2 Å². The Labute approximate surface area is 141 Å². The van der Waals surface area contributed by atoms with Crippen molar-refractivity contribution in [3.8, 4) is 0 Å². The van der Waals surface area contributed by atoms with Gasteiger partial charge >= 0.3 is 0 Å². The molecule has 2 saturated carbocycles. The number of rotatable bonds is 4. The van der Waals surface area contributed by atoms with Gasteiger partial charge in [0.05, 0.1) is 16.1 Å². The normalized spacial score (nSPS) is 31.0. The Kier molecular flexibility index (Phi) is 3.75. The van der Waals surface area contributed by atoms with E-state index in [4.69, 9.17) is 23.2 Å². The van der Waals surface area contributed by atoms with Gasteiger partial charge in [-0.05, 0) is 55.7 Å². The van der Waals surface area contributed by atoms with E-state index in [1.807, 2.05) is 12.1 Å². The van der Waals surface area contributed by atoms with Gasteiger partial charge in [0, 0.05) is 18.0 Å². The van der Waals surface area contributed by atoms with Gasteiger partial charge in [0.1, 0.15) is 6.29 Å². The van der Waals surface area contributed by atoms with Crippen molar-refractivity contribution in [2.45, 2.75) is 56.0 Å². The van der Waals surface area contributed by atoms with Crippen LogP contribution in [-0.2, 0) is 10.2 Å². The summed E-state index contributed by atoms with van der Waals surface area (Å²) in [5.41, 5.74) is 1.13. The molecule has 1 saturated heterocycles. The molecular formula is C18H21Cl2NO. The van der Waals surface area contributed by atoms with Crippen molar-refractivity contribution < 1.29 is 4.79 Å². The molecule has 2 nitrogen and oxygen atoms in total. The zero-order valence-corrected chi connectivity index (χ0v) is 14.1. The highest BCUT2D eigenvalue weighted by molar-refractivity contribution is 6.42. The maximum absolute atomic E-state index is 12.0. The number of hydrogen-bond donors (Lipinski definition) is 0. The number of benzene rings is 1. The maximum Gasteiger partial charge on any atom is 0.138 e. The summed E-state index contributed by atoms with van der Waals surface area (Å²) in [6.45, 7) is 1.09. The first-order valence-electron chi connectivity index (χ1n) is 8.30. The van der Waals surface area contributed by atoms with Gasteiger partial charge in [-0.1, -0.05) is 35.7 Å². The fraction of sp³-hybridized carbons (Fsp3) is 0.611. The van der Waals surface area contributed by atoms with Gasteiger partial charge in [0.15, 0.2) is 0 Å². The van der Waals surface area contributed by atoms with E-state index in [1.165, 1.54) is 37.5 Å². The number of likely N-dealkylation sites (tertiary alicyclic amines) is 1. The number of aldehydes is 1. The lowest BCUT2D eigenvalue weighted by atomic mass is 9.60. The average molecular weight is 338 g/mol. The first-order valence-corrected chi connectivity index (χ1v) is 9.06. The summed E-state index contributed by atoms with van der Waals surface area (Å²) in [4.78, 5) is 14.5. The summed E-state index contributed by atoms with van der Waals surface area (Å²) in [6.07, 6.45) is 8.40. The summed E-state index contributed by atoms with van der Waals surface area (Å²) >= 11 is 12.3. The molecule has 4 rings (SSSR count). The largest absolute Gasteiger partial charge is 0.302 e. The first kappa shape index (κ1) is 15.0. The fourth-order valence-corrected chi connectivity index (χ4v) is 5.25. The van der Waals surface area contributed by atoms with Gasteiger partial charge in [-0.15, -0.1) is 0 Å². The Balaban J connectivity index is 1.69. The molecule has 1 heterocycles. The molecule has 0 aromatic heterocycles. The van der Waals surface area contributed by atoms with E-state index in [0.29, 0.717) is 16.1 Å². The molecule has 0 amide bonds. The van der Waals surface area contributed by atoms with Crippen molar-refractivity contribution in [2.75, 3.05) is 6.54 Å². The SMILES string of the molecule is O=CC(N1CC2CCC1C2)C1(c2ccc(Cl)c(Cl)c2)CCC1. The van der Waals surface area contributed by atoms with Gasteiger partial charge in [0.25, 0.3) is 0 Å². The van der Waals surface area contributed by atoms with Crippen molar-refractivity contribution in [2.24, 2.45) is 5.92 Å². The van der Waals surface area contributed by atoms with Crippen LogP contribution < -0.4 is 0 Å². The first-order chi connectivity index (χ1) is 10.6. The van der Waals surface area contributed by atoms with Crippen LogP contribution in [0.3, 0.4) is 0 Å². The summed E-state index contributed by atoms with van der Waals surface area (Å²) in [5, 5.41) is 1.18. The number of hydrogen-bond acceptors (Lipinski definition) is 2. The molecule has 3 unspecified atom stereocenters. The molecule has 1 aromatic rings. The van der Waals surface area contributed by atoms with Crippen molar-refractivity contribution in [1.29, 1.82) is 0 Å². The van der Waals surface area contributed by atoms with Crippen LogP contribution in [-0.4, -0.2) is 29.8 Å². The molecule has 1 aromatic carbocycles. The van der Waals surface area contributed by atoms with E-state index < -0.39 is 0 Å². The predicted molar refractivity (Wildman–Crippen MR) is 89.7 cm³/mol. The number of carbonyl (C=O) groups is 1. The van der Waals surface area contributed by atoms with Crippen LogP contribution in [0.2, 0.25) is 10.0 Å². The Bertz CT molecular complexity index is 599. The second-order valence-corrected chi connectivity index (χ2v) is 8.06. The second kappa shape index (κ2) is 5.51. The van der Waals surface area contributed by atoms with E-state index in [0.717, 1.165) is 25.3 Å². The fourth-order valence-electron chi connectivity index (χ4n) is 4.95. The molecule has 1 aliphatic heterocycles.